The number of nitrogens with zero attached hydrogens (tertiary/aromatic N) is 1. The van der Waals surface area contributed by atoms with Crippen molar-refractivity contribution in [2.75, 3.05) is 18.4 Å². The van der Waals surface area contributed by atoms with E-state index in [2.05, 4.69) is 5.32 Å². The van der Waals surface area contributed by atoms with Gasteiger partial charge in [0, 0.05) is 35.6 Å². The summed E-state index contributed by atoms with van der Waals surface area (Å²) in [4.78, 5) is 12.9. The number of rotatable bonds is 4. The summed E-state index contributed by atoms with van der Waals surface area (Å²) in [6, 6.07) is 16.7. The van der Waals surface area contributed by atoms with Crippen LogP contribution in [0.4, 0.5) is 5.69 Å². The highest BCUT2D eigenvalue weighted by molar-refractivity contribution is 7.91. The molecule has 8 heteroatoms. The third-order valence-electron chi connectivity index (χ3n) is 5.49. The van der Waals surface area contributed by atoms with Crippen LogP contribution in [-0.4, -0.2) is 31.7 Å². The van der Waals surface area contributed by atoms with E-state index in [0.29, 0.717) is 34.9 Å². The van der Waals surface area contributed by atoms with Gasteiger partial charge in [-0.3, -0.25) is 4.79 Å². The van der Waals surface area contributed by atoms with E-state index in [9.17, 15) is 13.2 Å². The summed E-state index contributed by atoms with van der Waals surface area (Å²) < 4.78 is 33.2. The fourth-order valence-electron chi connectivity index (χ4n) is 3.96. The summed E-state index contributed by atoms with van der Waals surface area (Å²) in [7, 11) is -3.54. The highest BCUT2D eigenvalue weighted by Gasteiger charge is 2.33. The lowest BCUT2D eigenvalue weighted by Gasteiger charge is -2.30. The van der Waals surface area contributed by atoms with E-state index in [1.807, 2.05) is 42.5 Å². The van der Waals surface area contributed by atoms with Gasteiger partial charge in [0.2, 0.25) is 5.91 Å². The minimum absolute atomic E-state index is 0.170. The van der Waals surface area contributed by atoms with Crippen molar-refractivity contribution in [2.24, 2.45) is 5.92 Å². The topological polar surface area (TPSA) is 79.6 Å². The molecular weight excluding hydrogens is 420 g/mol. The fraction of sp³-hybridized carbons (Fsp3) is 0.227. The molecular formula is C22H20N2O4S2. The van der Waals surface area contributed by atoms with Crippen LogP contribution in [0.5, 0.6) is 0 Å². The normalized spacial score (nSPS) is 18.1. The lowest BCUT2D eigenvalue weighted by atomic mass is 9.98. The first-order valence-corrected chi connectivity index (χ1v) is 12.1. The smallest absolute Gasteiger partial charge is 0.252 e. The number of thiophene rings is 1. The predicted octanol–water partition coefficient (Wildman–Crippen LogP) is 4.69. The van der Waals surface area contributed by atoms with Gasteiger partial charge >= 0.3 is 0 Å². The molecule has 0 aliphatic carbocycles. The van der Waals surface area contributed by atoms with Gasteiger partial charge in [0.25, 0.3) is 10.0 Å². The molecule has 6 nitrogen and oxygen atoms in total. The number of nitrogens with one attached hydrogen (secondary N) is 1. The van der Waals surface area contributed by atoms with Gasteiger partial charge in [-0.1, -0.05) is 24.3 Å². The number of carbonyl (C=O) groups is 1. The highest BCUT2D eigenvalue weighted by Crippen LogP contribution is 2.31. The zero-order chi connectivity index (χ0) is 20.7. The average molecular weight is 441 g/mol. The van der Waals surface area contributed by atoms with Gasteiger partial charge in [0.1, 0.15) is 15.4 Å². The standard InChI is InChI=1S/C22H20N2O4S2/c25-22(15-5-3-11-24(14-15)30(26,27)21-8-4-12-29-21)23-16-9-10-18-17-6-1-2-7-19(17)28-20(18)13-16/h1-2,4,6-10,12-13,15H,3,5,11,14H2,(H,23,25)/t15-/m1/s1. The Morgan fingerprint density at radius 3 is 2.73 bits per heavy atom. The Labute approximate surface area is 178 Å². The summed E-state index contributed by atoms with van der Waals surface area (Å²) >= 11 is 1.20. The Kier molecular flexibility index (Phi) is 4.85. The molecule has 1 fully saturated rings. The molecule has 3 heterocycles. The van der Waals surface area contributed by atoms with Gasteiger partial charge in [0.05, 0.1) is 5.92 Å². The van der Waals surface area contributed by atoms with Crippen LogP contribution in [-0.2, 0) is 14.8 Å². The molecule has 1 amide bonds. The Morgan fingerprint density at radius 1 is 1.07 bits per heavy atom. The number of para-hydroxylation sites is 1. The van der Waals surface area contributed by atoms with Gasteiger partial charge in [-0.25, -0.2) is 8.42 Å². The Balaban J connectivity index is 1.34. The highest BCUT2D eigenvalue weighted by atomic mass is 32.2. The predicted molar refractivity (Wildman–Crippen MR) is 118 cm³/mol. The van der Waals surface area contributed by atoms with E-state index >= 15 is 0 Å². The molecule has 0 spiro atoms. The molecule has 1 aliphatic rings. The minimum Gasteiger partial charge on any atom is -0.456 e. The zero-order valence-electron chi connectivity index (χ0n) is 16.1. The van der Waals surface area contributed by atoms with Gasteiger partial charge in [-0.15, -0.1) is 11.3 Å². The number of carbonyl (C=O) groups excluding carboxylic acids is 1. The first-order valence-electron chi connectivity index (χ1n) is 9.78. The van der Waals surface area contributed by atoms with E-state index in [1.54, 1.807) is 17.5 Å². The van der Waals surface area contributed by atoms with Crippen LogP contribution in [0.15, 0.2) is 68.6 Å². The number of furan rings is 1. The summed E-state index contributed by atoms with van der Waals surface area (Å²) in [6.07, 6.45) is 1.32. The van der Waals surface area contributed by atoms with Crippen LogP contribution in [0, 0.1) is 5.92 Å². The number of anilines is 1. The molecule has 2 aromatic heterocycles. The number of fused-ring (bicyclic) bond motifs is 3. The quantitative estimate of drug-likeness (QED) is 0.499. The van der Waals surface area contributed by atoms with Crippen molar-refractivity contribution in [1.82, 2.24) is 4.31 Å². The third-order valence-corrected chi connectivity index (χ3v) is 8.73. The van der Waals surface area contributed by atoms with Crippen molar-refractivity contribution in [2.45, 2.75) is 17.1 Å². The maximum Gasteiger partial charge on any atom is 0.252 e. The largest absolute Gasteiger partial charge is 0.456 e. The molecule has 4 aromatic rings. The first kappa shape index (κ1) is 19.3. The summed E-state index contributed by atoms with van der Waals surface area (Å²) in [5, 5.41) is 6.71. The van der Waals surface area contributed by atoms with Crippen LogP contribution >= 0.6 is 11.3 Å². The first-order chi connectivity index (χ1) is 14.5. The Morgan fingerprint density at radius 2 is 1.90 bits per heavy atom. The number of sulfonamides is 1. The molecule has 2 aromatic carbocycles. The number of amides is 1. The molecule has 1 atom stereocenters. The van der Waals surface area contributed by atoms with E-state index in [1.165, 1.54) is 15.6 Å². The van der Waals surface area contributed by atoms with Crippen molar-refractivity contribution in [3.63, 3.8) is 0 Å². The molecule has 1 aliphatic heterocycles. The summed E-state index contributed by atoms with van der Waals surface area (Å²) in [5.41, 5.74) is 2.15. The van der Waals surface area contributed by atoms with Crippen LogP contribution < -0.4 is 5.32 Å². The van der Waals surface area contributed by atoms with Crippen LogP contribution in [0.25, 0.3) is 21.9 Å². The van der Waals surface area contributed by atoms with Crippen LogP contribution in [0.2, 0.25) is 0 Å². The molecule has 30 heavy (non-hydrogen) atoms. The second kappa shape index (κ2) is 7.54. The molecule has 1 saturated heterocycles. The summed E-state index contributed by atoms with van der Waals surface area (Å²) in [6.45, 7) is 0.633. The minimum atomic E-state index is -3.54. The number of piperidine rings is 1. The molecule has 154 valence electrons. The summed E-state index contributed by atoms with van der Waals surface area (Å²) in [5.74, 6) is -0.559. The van der Waals surface area contributed by atoms with Gasteiger partial charge < -0.3 is 9.73 Å². The van der Waals surface area contributed by atoms with E-state index < -0.39 is 10.0 Å². The van der Waals surface area contributed by atoms with Gasteiger partial charge in [-0.05, 0) is 42.5 Å². The van der Waals surface area contributed by atoms with Crippen molar-refractivity contribution < 1.29 is 17.6 Å². The maximum absolute atomic E-state index is 12.9. The number of hydrogen-bond acceptors (Lipinski definition) is 5. The van der Waals surface area contributed by atoms with Crippen molar-refractivity contribution in [1.29, 1.82) is 0 Å². The van der Waals surface area contributed by atoms with Crippen molar-refractivity contribution >= 4 is 54.9 Å². The van der Waals surface area contributed by atoms with Gasteiger partial charge in [-0.2, -0.15) is 4.31 Å². The molecule has 0 bridgehead atoms. The Hall–Kier alpha value is -2.68. The van der Waals surface area contributed by atoms with E-state index in [4.69, 9.17) is 4.42 Å². The second-order valence-corrected chi connectivity index (χ2v) is 10.5. The number of hydrogen-bond donors (Lipinski definition) is 1. The zero-order valence-corrected chi connectivity index (χ0v) is 17.7. The van der Waals surface area contributed by atoms with Gasteiger partial charge in [0.15, 0.2) is 0 Å². The Bertz CT molecular complexity index is 1330. The number of benzene rings is 2. The molecule has 1 N–H and O–H groups in total. The van der Waals surface area contributed by atoms with Crippen LogP contribution in [0.1, 0.15) is 12.8 Å². The van der Waals surface area contributed by atoms with Crippen molar-refractivity contribution in [3.8, 4) is 0 Å². The van der Waals surface area contributed by atoms with E-state index in [0.717, 1.165) is 16.4 Å². The molecule has 0 saturated carbocycles. The molecule has 5 rings (SSSR count). The molecule has 0 unspecified atom stereocenters. The average Bonchev–Trinajstić information content (AvgIpc) is 3.42. The van der Waals surface area contributed by atoms with Crippen LogP contribution in [0.3, 0.4) is 0 Å². The second-order valence-electron chi connectivity index (χ2n) is 7.43. The maximum atomic E-state index is 12.9. The lowest BCUT2D eigenvalue weighted by molar-refractivity contribution is -0.120. The fourth-order valence-corrected chi connectivity index (χ4v) is 6.63. The third kappa shape index (κ3) is 3.40. The van der Waals surface area contributed by atoms with E-state index in [-0.39, 0.29) is 18.4 Å². The SMILES string of the molecule is O=C(Nc1ccc2c(c1)oc1ccccc12)[C@@H]1CCCN(S(=O)(=O)c2cccs2)C1. The molecule has 0 radical (unpaired) electrons. The lowest BCUT2D eigenvalue weighted by Crippen LogP contribution is -2.43. The monoisotopic (exact) mass is 440 g/mol. The van der Waals surface area contributed by atoms with Crippen molar-refractivity contribution in [3.05, 3.63) is 60.0 Å².